The summed E-state index contributed by atoms with van der Waals surface area (Å²) in [5, 5.41) is 14.0. The van der Waals surface area contributed by atoms with Crippen molar-refractivity contribution in [2.24, 2.45) is 5.10 Å². The van der Waals surface area contributed by atoms with Gasteiger partial charge in [0.15, 0.2) is 11.0 Å². The molecular formula is C23H20ClN5O2S. The fourth-order valence-electron chi connectivity index (χ4n) is 2.92. The summed E-state index contributed by atoms with van der Waals surface area (Å²) in [5.41, 5.74) is 6.05. The summed E-state index contributed by atoms with van der Waals surface area (Å²) in [5.74, 6) is 1.14. The topological polar surface area (TPSA) is 85.3 Å². The van der Waals surface area contributed by atoms with Crippen molar-refractivity contribution in [2.45, 2.75) is 19.0 Å². The number of nitrogens with one attached hydrogen (secondary N) is 1. The molecule has 4 aromatic rings. The third-order valence-corrected chi connectivity index (χ3v) is 5.77. The smallest absolute Gasteiger partial charge is 0.250 e. The van der Waals surface area contributed by atoms with Crippen molar-refractivity contribution in [3.8, 4) is 17.1 Å². The van der Waals surface area contributed by atoms with Crippen LogP contribution in [0.3, 0.4) is 0 Å². The average molecular weight is 466 g/mol. The summed E-state index contributed by atoms with van der Waals surface area (Å²) in [6, 6.07) is 19.0. The summed E-state index contributed by atoms with van der Waals surface area (Å²) < 4.78 is 7.19. The highest BCUT2D eigenvalue weighted by Crippen LogP contribution is 2.28. The van der Waals surface area contributed by atoms with Crippen LogP contribution in [0.4, 0.5) is 0 Å². The molecule has 0 bridgehead atoms. The highest BCUT2D eigenvalue weighted by Gasteiger charge is 2.17. The predicted molar refractivity (Wildman–Crippen MR) is 126 cm³/mol. The lowest BCUT2D eigenvalue weighted by atomic mass is 10.2. The summed E-state index contributed by atoms with van der Waals surface area (Å²) in [4.78, 5) is 12.4. The molecule has 0 saturated heterocycles. The number of thioether (sulfide) groups is 1. The number of hydrogen-bond donors (Lipinski definition) is 1. The van der Waals surface area contributed by atoms with Crippen molar-refractivity contribution in [1.82, 2.24) is 20.2 Å². The first-order valence-corrected chi connectivity index (χ1v) is 11.2. The summed E-state index contributed by atoms with van der Waals surface area (Å²) in [7, 11) is 0. The van der Waals surface area contributed by atoms with E-state index in [2.05, 4.69) is 20.7 Å². The summed E-state index contributed by atoms with van der Waals surface area (Å²) in [6.45, 7) is 3.79. The van der Waals surface area contributed by atoms with Crippen LogP contribution in [0.25, 0.3) is 17.1 Å². The van der Waals surface area contributed by atoms with Gasteiger partial charge in [0.05, 0.1) is 12.0 Å². The Hall–Kier alpha value is -3.36. The van der Waals surface area contributed by atoms with Gasteiger partial charge in [0, 0.05) is 16.3 Å². The molecule has 7 nitrogen and oxygen atoms in total. The molecule has 32 heavy (non-hydrogen) atoms. The number of halogens is 1. The average Bonchev–Trinajstić information content (AvgIpc) is 3.48. The van der Waals surface area contributed by atoms with E-state index in [0.29, 0.717) is 27.5 Å². The third kappa shape index (κ3) is 5.09. The molecule has 0 spiro atoms. The van der Waals surface area contributed by atoms with Gasteiger partial charge in [-0.15, -0.1) is 10.2 Å². The zero-order chi connectivity index (χ0) is 22.5. The maximum atomic E-state index is 12.4. The first kappa shape index (κ1) is 21.9. The number of aromatic nitrogens is 3. The largest absolute Gasteiger partial charge is 0.463 e. The molecule has 0 fully saturated rings. The molecule has 2 aromatic heterocycles. The molecule has 9 heteroatoms. The highest BCUT2D eigenvalue weighted by atomic mass is 35.5. The van der Waals surface area contributed by atoms with E-state index in [1.165, 1.54) is 11.8 Å². The van der Waals surface area contributed by atoms with Crippen LogP contribution in [0.2, 0.25) is 5.02 Å². The zero-order valence-corrected chi connectivity index (χ0v) is 19.0. The van der Waals surface area contributed by atoms with Gasteiger partial charge in [-0.2, -0.15) is 5.10 Å². The Labute approximate surface area is 194 Å². The van der Waals surface area contributed by atoms with Crippen molar-refractivity contribution in [3.05, 3.63) is 83.3 Å². The molecule has 162 valence electrons. The number of aryl methyl sites for hydroxylation is 1. The monoisotopic (exact) mass is 465 g/mol. The van der Waals surface area contributed by atoms with E-state index in [1.807, 2.05) is 60.0 Å². The minimum atomic E-state index is -0.257. The van der Waals surface area contributed by atoms with Crippen LogP contribution in [0, 0.1) is 6.92 Å². The number of furan rings is 1. The van der Waals surface area contributed by atoms with Gasteiger partial charge in [0.1, 0.15) is 11.5 Å². The maximum Gasteiger partial charge on any atom is 0.250 e. The fourth-order valence-corrected chi connectivity index (χ4v) is 3.79. The van der Waals surface area contributed by atoms with Gasteiger partial charge < -0.3 is 4.42 Å². The van der Waals surface area contributed by atoms with Gasteiger partial charge in [-0.3, -0.25) is 9.36 Å². The Morgan fingerprint density at radius 2 is 1.88 bits per heavy atom. The number of hydrazone groups is 1. The van der Waals surface area contributed by atoms with Crippen molar-refractivity contribution < 1.29 is 9.21 Å². The lowest BCUT2D eigenvalue weighted by Crippen LogP contribution is -2.21. The van der Waals surface area contributed by atoms with Gasteiger partial charge in [-0.25, -0.2) is 5.43 Å². The SMILES string of the molecule is C/C(=N/NC(=O)CSc1nnc(-c2ccc(Cl)cc2)n1-c1ccc(C)cc1)c1ccco1. The second kappa shape index (κ2) is 9.84. The van der Waals surface area contributed by atoms with Crippen LogP contribution in [0.1, 0.15) is 18.2 Å². The van der Waals surface area contributed by atoms with Crippen LogP contribution in [-0.4, -0.2) is 32.1 Å². The molecule has 0 saturated carbocycles. The normalized spacial score (nSPS) is 11.5. The molecule has 1 amide bonds. The van der Waals surface area contributed by atoms with Crippen LogP contribution < -0.4 is 5.43 Å². The molecule has 0 aliphatic heterocycles. The number of nitrogens with zero attached hydrogens (tertiary/aromatic N) is 4. The second-order valence-corrected chi connectivity index (χ2v) is 8.36. The molecule has 0 aliphatic carbocycles. The van der Waals surface area contributed by atoms with Crippen LogP contribution in [0.5, 0.6) is 0 Å². The molecule has 0 atom stereocenters. The number of hydrogen-bond acceptors (Lipinski definition) is 6. The Morgan fingerprint density at radius 1 is 1.12 bits per heavy atom. The second-order valence-electron chi connectivity index (χ2n) is 6.98. The standard InChI is InChI=1S/C23H20ClN5O2S/c1-15-5-11-19(12-6-15)29-22(17-7-9-18(24)10-8-17)27-28-23(29)32-14-21(30)26-25-16(2)20-4-3-13-31-20/h3-13H,14H2,1-2H3,(H,26,30)/b25-16-. The summed E-state index contributed by atoms with van der Waals surface area (Å²) >= 11 is 7.32. The maximum absolute atomic E-state index is 12.4. The number of amides is 1. The minimum absolute atomic E-state index is 0.125. The van der Waals surface area contributed by atoms with Gasteiger partial charge in [-0.1, -0.05) is 41.1 Å². The van der Waals surface area contributed by atoms with E-state index in [-0.39, 0.29) is 11.7 Å². The Balaban J connectivity index is 1.55. The predicted octanol–water partition coefficient (Wildman–Crippen LogP) is 5.12. The number of rotatable bonds is 7. The molecule has 2 heterocycles. The van der Waals surface area contributed by atoms with Gasteiger partial charge in [0.2, 0.25) is 0 Å². The van der Waals surface area contributed by atoms with E-state index in [4.69, 9.17) is 16.0 Å². The molecule has 2 aromatic carbocycles. The van der Waals surface area contributed by atoms with E-state index < -0.39 is 0 Å². The minimum Gasteiger partial charge on any atom is -0.463 e. The molecule has 1 N–H and O–H groups in total. The van der Waals surface area contributed by atoms with E-state index >= 15 is 0 Å². The number of benzene rings is 2. The fraction of sp³-hybridized carbons (Fsp3) is 0.130. The van der Waals surface area contributed by atoms with E-state index in [0.717, 1.165) is 16.8 Å². The Kier molecular flexibility index (Phi) is 6.72. The van der Waals surface area contributed by atoms with Crippen molar-refractivity contribution in [3.63, 3.8) is 0 Å². The quantitative estimate of drug-likeness (QED) is 0.232. The number of carbonyl (C=O) groups is 1. The van der Waals surface area contributed by atoms with Gasteiger partial charge in [0.25, 0.3) is 5.91 Å². The van der Waals surface area contributed by atoms with Crippen LogP contribution in [0.15, 0.2) is 81.6 Å². The molecule has 0 radical (unpaired) electrons. The van der Waals surface area contributed by atoms with Crippen molar-refractivity contribution in [2.75, 3.05) is 5.75 Å². The lowest BCUT2D eigenvalue weighted by Gasteiger charge is -2.11. The van der Waals surface area contributed by atoms with E-state index in [1.54, 1.807) is 25.3 Å². The Bertz CT molecular complexity index is 1230. The molecular weight excluding hydrogens is 446 g/mol. The number of carbonyl (C=O) groups excluding carboxylic acids is 1. The zero-order valence-electron chi connectivity index (χ0n) is 17.4. The highest BCUT2D eigenvalue weighted by molar-refractivity contribution is 7.99. The van der Waals surface area contributed by atoms with Gasteiger partial charge in [-0.05, 0) is 62.4 Å². The van der Waals surface area contributed by atoms with Crippen LogP contribution in [-0.2, 0) is 4.79 Å². The van der Waals surface area contributed by atoms with Crippen LogP contribution >= 0.6 is 23.4 Å². The molecule has 0 aliphatic rings. The molecule has 0 unspecified atom stereocenters. The van der Waals surface area contributed by atoms with Gasteiger partial charge >= 0.3 is 0 Å². The third-order valence-electron chi connectivity index (χ3n) is 4.59. The lowest BCUT2D eigenvalue weighted by molar-refractivity contribution is -0.118. The van der Waals surface area contributed by atoms with Crippen molar-refractivity contribution >= 4 is 35.0 Å². The first-order valence-electron chi connectivity index (χ1n) is 9.79. The molecule has 4 rings (SSSR count). The van der Waals surface area contributed by atoms with E-state index in [9.17, 15) is 4.79 Å². The Morgan fingerprint density at radius 3 is 2.56 bits per heavy atom. The first-order chi connectivity index (χ1) is 15.5. The van der Waals surface area contributed by atoms with Crippen molar-refractivity contribution in [1.29, 1.82) is 0 Å². The summed E-state index contributed by atoms with van der Waals surface area (Å²) in [6.07, 6.45) is 1.56.